The largest absolute Gasteiger partial charge is 0.493 e. The van der Waals surface area contributed by atoms with Crippen LogP contribution in [0.2, 0.25) is 0 Å². The molecule has 0 radical (unpaired) electrons. The number of carbonyl (C=O) groups excluding carboxylic acids is 2. The van der Waals surface area contributed by atoms with Crippen LogP contribution < -0.4 is 34.5 Å². The van der Waals surface area contributed by atoms with Crippen LogP contribution in [0.15, 0.2) is 60.7 Å². The third kappa shape index (κ3) is 4.28. The van der Waals surface area contributed by atoms with Crippen LogP contribution in [0.3, 0.4) is 0 Å². The molecule has 1 atom stereocenters. The summed E-state index contributed by atoms with van der Waals surface area (Å²) < 4.78 is 22.2. The molecule has 9 heteroatoms. The number of hydrogen-bond acceptors (Lipinski definition) is 7. The SMILES string of the molecule is CCNC(=O)COc1ccc(C2Nc3ccccc3C(=O)N2c2ccc3c(c2)OCO3)cc1OC. The number of nitrogens with one attached hydrogen (secondary N) is 2. The van der Waals surface area contributed by atoms with Crippen molar-refractivity contribution in [1.82, 2.24) is 5.32 Å². The van der Waals surface area contributed by atoms with Gasteiger partial charge in [-0.2, -0.15) is 0 Å². The Morgan fingerprint density at radius 2 is 1.91 bits per heavy atom. The number of likely N-dealkylation sites (N-methyl/N-ethyl adjacent to an activating group) is 1. The highest BCUT2D eigenvalue weighted by Crippen LogP contribution is 2.42. The Bertz CT molecular complexity index is 1280. The first kappa shape index (κ1) is 22.4. The molecule has 9 nitrogen and oxygen atoms in total. The molecule has 0 fully saturated rings. The molecule has 2 amide bonds. The molecule has 5 rings (SSSR count). The third-order valence-electron chi connectivity index (χ3n) is 5.80. The normalized spacial score (nSPS) is 15.8. The van der Waals surface area contributed by atoms with Gasteiger partial charge in [-0.05, 0) is 48.9 Å². The highest BCUT2D eigenvalue weighted by molar-refractivity contribution is 6.12. The molecule has 0 aliphatic carbocycles. The summed E-state index contributed by atoms with van der Waals surface area (Å²) in [6.07, 6.45) is -0.538. The van der Waals surface area contributed by atoms with Gasteiger partial charge in [-0.3, -0.25) is 14.5 Å². The minimum absolute atomic E-state index is 0.125. The quantitative estimate of drug-likeness (QED) is 0.538. The zero-order valence-corrected chi connectivity index (χ0v) is 19.4. The van der Waals surface area contributed by atoms with E-state index in [2.05, 4.69) is 10.6 Å². The standard InChI is InChI=1S/C26H25N3O6/c1-3-27-24(30)14-33-20-10-8-16(12-22(20)32-2)25-28-19-7-5-4-6-18(19)26(31)29(25)17-9-11-21-23(13-17)35-15-34-21/h4-13,25,28H,3,14-15H2,1-2H3,(H,27,30). The van der Waals surface area contributed by atoms with Crippen LogP contribution in [0, 0.1) is 0 Å². The summed E-state index contributed by atoms with van der Waals surface area (Å²) in [4.78, 5) is 27.2. The van der Waals surface area contributed by atoms with Crippen molar-refractivity contribution < 1.29 is 28.5 Å². The molecule has 2 N–H and O–H groups in total. The third-order valence-corrected chi connectivity index (χ3v) is 5.80. The lowest BCUT2D eigenvalue weighted by Crippen LogP contribution is -2.43. The number of fused-ring (bicyclic) bond motifs is 2. The summed E-state index contributed by atoms with van der Waals surface area (Å²) in [5, 5.41) is 6.16. The minimum atomic E-state index is -0.538. The number of rotatable bonds is 7. The number of methoxy groups -OCH3 is 1. The molecule has 1 unspecified atom stereocenters. The highest BCUT2D eigenvalue weighted by Gasteiger charge is 2.35. The van der Waals surface area contributed by atoms with Crippen molar-refractivity contribution in [2.45, 2.75) is 13.1 Å². The van der Waals surface area contributed by atoms with Crippen LogP contribution in [0.25, 0.3) is 0 Å². The van der Waals surface area contributed by atoms with E-state index in [0.29, 0.717) is 40.8 Å². The van der Waals surface area contributed by atoms with Crippen molar-refractivity contribution >= 4 is 23.2 Å². The van der Waals surface area contributed by atoms with E-state index < -0.39 is 6.17 Å². The van der Waals surface area contributed by atoms with Crippen molar-refractivity contribution in [2.24, 2.45) is 0 Å². The van der Waals surface area contributed by atoms with Crippen molar-refractivity contribution in [3.05, 3.63) is 71.8 Å². The maximum Gasteiger partial charge on any atom is 0.262 e. The smallest absolute Gasteiger partial charge is 0.262 e. The Morgan fingerprint density at radius 1 is 1.09 bits per heavy atom. The molecular weight excluding hydrogens is 450 g/mol. The van der Waals surface area contributed by atoms with Gasteiger partial charge >= 0.3 is 0 Å². The number of nitrogens with zero attached hydrogens (tertiary/aromatic N) is 1. The van der Waals surface area contributed by atoms with E-state index in [0.717, 1.165) is 11.3 Å². The lowest BCUT2D eigenvalue weighted by atomic mass is 10.0. The summed E-state index contributed by atoms with van der Waals surface area (Å²) >= 11 is 0. The van der Waals surface area contributed by atoms with Gasteiger partial charge in [0.25, 0.3) is 11.8 Å². The van der Waals surface area contributed by atoms with Gasteiger partial charge in [0.2, 0.25) is 6.79 Å². The van der Waals surface area contributed by atoms with Crippen molar-refractivity contribution in [3.8, 4) is 23.0 Å². The molecule has 180 valence electrons. The monoisotopic (exact) mass is 475 g/mol. The minimum Gasteiger partial charge on any atom is -0.493 e. The second-order valence-corrected chi connectivity index (χ2v) is 7.96. The Morgan fingerprint density at radius 3 is 2.74 bits per heavy atom. The van der Waals surface area contributed by atoms with Gasteiger partial charge in [0.15, 0.2) is 29.6 Å². The molecule has 0 saturated carbocycles. The molecule has 35 heavy (non-hydrogen) atoms. The van der Waals surface area contributed by atoms with E-state index in [-0.39, 0.29) is 25.2 Å². The summed E-state index contributed by atoms with van der Waals surface area (Å²) in [7, 11) is 1.53. The predicted octanol–water partition coefficient (Wildman–Crippen LogP) is 3.71. The Kier molecular flexibility index (Phi) is 6.05. The topological polar surface area (TPSA) is 98.4 Å². The Balaban J connectivity index is 1.52. The second-order valence-electron chi connectivity index (χ2n) is 7.96. The maximum absolute atomic E-state index is 13.7. The molecule has 0 saturated heterocycles. The van der Waals surface area contributed by atoms with Gasteiger partial charge in [-0.1, -0.05) is 18.2 Å². The number of anilines is 2. The van der Waals surface area contributed by atoms with Crippen LogP contribution in [0.5, 0.6) is 23.0 Å². The van der Waals surface area contributed by atoms with E-state index >= 15 is 0 Å². The van der Waals surface area contributed by atoms with E-state index in [4.69, 9.17) is 18.9 Å². The average molecular weight is 476 g/mol. The van der Waals surface area contributed by atoms with Gasteiger partial charge in [-0.15, -0.1) is 0 Å². The van der Waals surface area contributed by atoms with E-state index in [1.807, 2.05) is 37.3 Å². The fourth-order valence-corrected chi connectivity index (χ4v) is 4.15. The number of hydrogen-bond donors (Lipinski definition) is 2. The van der Waals surface area contributed by atoms with Gasteiger partial charge in [0.05, 0.1) is 18.4 Å². The first-order chi connectivity index (χ1) is 17.1. The number of para-hydroxylation sites is 1. The number of carbonyl (C=O) groups is 2. The fourth-order valence-electron chi connectivity index (χ4n) is 4.15. The van der Waals surface area contributed by atoms with Crippen LogP contribution in [0.1, 0.15) is 29.0 Å². The van der Waals surface area contributed by atoms with Crippen LogP contribution >= 0.6 is 0 Å². The first-order valence-electron chi connectivity index (χ1n) is 11.2. The average Bonchev–Trinajstić information content (AvgIpc) is 3.35. The number of benzene rings is 3. The fraction of sp³-hybridized carbons (Fsp3) is 0.231. The zero-order chi connectivity index (χ0) is 24.4. The number of amides is 2. The van der Waals surface area contributed by atoms with Crippen LogP contribution in [-0.4, -0.2) is 38.9 Å². The lowest BCUT2D eigenvalue weighted by Gasteiger charge is -2.38. The van der Waals surface area contributed by atoms with Gasteiger partial charge < -0.3 is 29.6 Å². The summed E-state index contributed by atoms with van der Waals surface area (Å²) in [6, 6.07) is 18.2. The van der Waals surface area contributed by atoms with E-state index in [9.17, 15) is 9.59 Å². The maximum atomic E-state index is 13.7. The second kappa shape index (κ2) is 9.46. The van der Waals surface area contributed by atoms with Crippen molar-refractivity contribution in [3.63, 3.8) is 0 Å². The van der Waals surface area contributed by atoms with Crippen molar-refractivity contribution in [2.75, 3.05) is 37.3 Å². The molecule has 0 bridgehead atoms. The zero-order valence-electron chi connectivity index (χ0n) is 19.4. The van der Waals surface area contributed by atoms with Gasteiger partial charge in [-0.25, -0.2) is 0 Å². The Labute approximate surface area is 202 Å². The lowest BCUT2D eigenvalue weighted by molar-refractivity contribution is -0.123. The molecule has 2 aliphatic heterocycles. The van der Waals surface area contributed by atoms with Crippen LogP contribution in [0.4, 0.5) is 11.4 Å². The Hall–Kier alpha value is -4.40. The van der Waals surface area contributed by atoms with Crippen LogP contribution in [-0.2, 0) is 4.79 Å². The highest BCUT2D eigenvalue weighted by atomic mass is 16.7. The molecule has 2 aliphatic rings. The van der Waals surface area contributed by atoms with Gasteiger partial charge in [0, 0.05) is 18.3 Å². The van der Waals surface area contributed by atoms with E-state index in [1.54, 1.807) is 35.2 Å². The van der Waals surface area contributed by atoms with Gasteiger partial charge in [0.1, 0.15) is 6.17 Å². The van der Waals surface area contributed by atoms with E-state index in [1.165, 1.54) is 7.11 Å². The predicted molar refractivity (Wildman–Crippen MR) is 129 cm³/mol. The molecule has 3 aromatic carbocycles. The first-order valence-corrected chi connectivity index (χ1v) is 11.2. The summed E-state index contributed by atoms with van der Waals surface area (Å²) in [5.74, 6) is 1.73. The summed E-state index contributed by atoms with van der Waals surface area (Å²) in [6.45, 7) is 2.39. The molecule has 0 spiro atoms. The molecule has 0 aromatic heterocycles. The molecule has 3 aromatic rings. The number of ether oxygens (including phenoxy) is 4. The summed E-state index contributed by atoms with van der Waals surface area (Å²) in [5.41, 5.74) is 2.72. The molecule has 2 heterocycles. The molecular formula is C26H25N3O6. The van der Waals surface area contributed by atoms with Crippen molar-refractivity contribution in [1.29, 1.82) is 0 Å².